The Hall–Kier alpha value is -2.70. The molecule has 1 heterocycles. The highest BCUT2D eigenvalue weighted by molar-refractivity contribution is 5.92. The summed E-state index contributed by atoms with van der Waals surface area (Å²) in [5.41, 5.74) is 2.66. The molecule has 120 valence electrons. The number of aryl methyl sites for hydroxylation is 1. The van der Waals surface area contributed by atoms with Gasteiger partial charge >= 0.3 is 0 Å². The van der Waals surface area contributed by atoms with E-state index in [2.05, 4.69) is 21.7 Å². The van der Waals surface area contributed by atoms with Crippen LogP contribution in [-0.2, 0) is 17.8 Å². The number of benzene rings is 1. The van der Waals surface area contributed by atoms with Crippen LogP contribution in [0.2, 0.25) is 0 Å². The van der Waals surface area contributed by atoms with Crippen molar-refractivity contribution in [1.82, 2.24) is 25.2 Å². The Balaban J connectivity index is 1.66. The summed E-state index contributed by atoms with van der Waals surface area (Å²) in [7, 11) is 3.34. The maximum Gasteiger partial charge on any atom is 0.273 e. The van der Waals surface area contributed by atoms with Crippen molar-refractivity contribution in [2.24, 2.45) is 0 Å². The van der Waals surface area contributed by atoms with Crippen molar-refractivity contribution in [1.29, 1.82) is 0 Å². The average Bonchev–Trinajstić information content (AvgIpc) is 3.15. The Bertz CT molecular complexity index is 738. The van der Waals surface area contributed by atoms with E-state index in [1.807, 2.05) is 18.2 Å². The van der Waals surface area contributed by atoms with Crippen molar-refractivity contribution < 1.29 is 9.59 Å². The number of likely N-dealkylation sites (N-methyl/N-ethyl adjacent to an activating group) is 1. The number of fused-ring (bicyclic) bond motifs is 1. The maximum atomic E-state index is 12.3. The van der Waals surface area contributed by atoms with Crippen molar-refractivity contribution in [2.45, 2.75) is 25.4 Å². The molecule has 2 aromatic rings. The van der Waals surface area contributed by atoms with Gasteiger partial charge < -0.3 is 10.2 Å². The fraction of sp³-hybridized carbons (Fsp3) is 0.375. The summed E-state index contributed by atoms with van der Waals surface area (Å²) in [6.07, 6.45) is 3.35. The lowest BCUT2D eigenvalue weighted by Gasteiger charge is -2.12. The van der Waals surface area contributed by atoms with Gasteiger partial charge in [-0.3, -0.25) is 9.59 Å². The lowest BCUT2D eigenvalue weighted by atomic mass is 10.1. The Morgan fingerprint density at radius 1 is 1.35 bits per heavy atom. The van der Waals surface area contributed by atoms with Gasteiger partial charge in [0, 0.05) is 14.1 Å². The van der Waals surface area contributed by atoms with Crippen LogP contribution < -0.4 is 5.32 Å². The van der Waals surface area contributed by atoms with E-state index in [1.54, 1.807) is 14.1 Å². The van der Waals surface area contributed by atoms with Crippen LogP contribution >= 0.6 is 0 Å². The summed E-state index contributed by atoms with van der Waals surface area (Å²) < 4.78 is 1.37. The number of hydrogen-bond acceptors (Lipinski definition) is 4. The van der Waals surface area contributed by atoms with Crippen molar-refractivity contribution in [3.63, 3.8) is 0 Å². The van der Waals surface area contributed by atoms with Gasteiger partial charge in [0.25, 0.3) is 5.91 Å². The summed E-state index contributed by atoms with van der Waals surface area (Å²) in [4.78, 5) is 25.4. The molecule has 1 aliphatic rings. The molecule has 0 saturated carbocycles. The summed E-state index contributed by atoms with van der Waals surface area (Å²) in [6, 6.07) is 8.13. The predicted molar refractivity (Wildman–Crippen MR) is 83.7 cm³/mol. The van der Waals surface area contributed by atoms with Crippen LogP contribution in [0.15, 0.2) is 30.5 Å². The standard InChI is InChI=1S/C16H19N5O2/c1-20(2)15(22)10-21-9-14(18-19-21)16(23)17-13-8-7-11-5-3-4-6-12(11)13/h3-6,9,13H,7-8,10H2,1-2H3,(H,17,23)/t13-/m0/s1. The maximum absolute atomic E-state index is 12.3. The number of carbonyl (C=O) groups is 2. The number of aromatic nitrogens is 3. The highest BCUT2D eigenvalue weighted by Gasteiger charge is 2.24. The molecule has 1 N–H and O–H groups in total. The highest BCUT2D eigenvalue weighted by Crippen LogP contribution is 2.30. The van der Waals surface area contributed by atoms with Crippen LogP contribution in [0.4, 0.5) is 0 Å². The molecule has 0 radical (unpaired) electrons. The van der Waals surface area contributed by atoms with Gasteiger partial charge in [-0.1, -0.05) is 29.5 Å². The molecule has 23 heavy (non-hydrogen) atoms. The van der Waals surface area contributed by atoms with E-state index in [0.717, 1.165) is 18.4 Å². The molecule has 0 fully saturated rings. The molecule has 0 aliphatic heterocycles. The van der Waals surface area contributed by atoms with Gasteiger partial charge in [-0.25, -0.2) is 4.68 Å². The van der Waals surface area contributed by atoms with E-state index in [1.165, 1.54) is 21.3 Å². The quantitative estimate of drug-likeness (QED) is 0.905. The molecule has 7 heteroatoms. The minimum Gasteiger partial charge on any atom is -0.347 e. The molecule has 1 aliphatic carbocycles. The SMILES string of the molecule is CN(C)C(=O)Cn1cc(C(=O)N[C@H]2CCc3ccccc32)nn1. The Morgan fingerprint density at radius 2 is 2.13 bits per heavy atom. The zero-order valence-corrected chi connectivity index (χ0v) is 13.2. The molecule has 0 unspecified atom stereocenters. The molecule has 0 spiro atoms. The molecule has 3 rings (SSSR count). The van der Waals surface area contributed by atoms with Gasteiger partial charge in [0.15, 0.2) is 5.69 Å². The number of hydrogen-bond donors (Lipinski definition) is 1. The summed E-state index contributed by atoms with van der Waals surface area (Å²) in [6.45, 7) is 0.0690. The number of rotatable bonds is 4. The topological polar surface area (TPSA) is 80.1 Å². The van der Waals surface area contributed by atoms with Crippen LogP contribution in [0.25, 0.3) is 0 Å². The summed E-state index contributed by atoms with van der Waals surface area (Å²) >= 11 is 0. The molecule has 1 aromatic heterocycles. The fourth-order valence-electron chi connectivity index (χ4n) is 2.70. The minimum absolute atomic E-state index is 0.00672. The van der Waals surface area contributed by atoms with Crippen molar-refractivity contribution in [2.75, 3.05) is 14.1 Å². The number of nitrogens with zero attached hydrogens (tertiary/aromatic N) is 4. The second-order valence-electron chi connectivity index (χ2n) is 5.85. The molecule has 2 amide bonds. The highest BCUT2D eigenvalue weighted by atomic mass is 16.2. The van der Waals surface area contributed by atoms with E-state index in [-0.39, 0.29) is 30.1 Å². The molecular weight excluding hydrogens is 294 g/mol. The third kappa shape index (κ3) is 3.23. The van der Waals surface area contributed by atoms with E-state index < -0.39 is 0 Å². The van der Waals surface area contributed by atoms with Gasteiger partial charge in [0.1, 0.15) is 6.54 Å². The average molecular weight is 313 g/mol. The first-order valence-corrected chi connectivity index (χ1v) is 7.53. The number of amides is 2. The van der Waals surface area contributed by atoms with Crippen LogP contribution in [0.1, 0.15) is 34.1 Å². The Kier molecular flexibility index (Phi) is 4.10. The zero-order chi connectivity index (χ0) is 16.4. The zero-order valence-electron chi connectivity index (χ0n) is 13.2. The molecule has 1 aromatic carbocycles. The summed E-state index contributed by atoms with van der Waals surface area (Å²) in [5.74, 6) is -0.373. The van der Waals surface area contributed by atoms with Gasteiger partial charge in [0.05, 0.1) is 12.2 Å². The van der Waals surface area contributed by atoms with E-state index in [4.69, 9.17) is 0 Å². The van der Waals surface area contributed by atoms with Crippen LogP contribution in [0.5, 0.6) is 0 Å². The largest absolute Gasteiger partial charge is 0.347 e. The van der Waals surface area contributed by atoms with Crippen LogP contribution in [-0.4, -0.2) is 45.8 Å². The predicted octanol–water partition coefficient (Wildman–Crippen LogP) is 0.784. The lowest BCUT2D eigenvalue weighted by Crippen LogP contribution is -2.27. The smallest absolute Gasteiger partial charge is 0.273 e. The number of nitrogens with one attached hydrogen (secondary N) is 1. The van der Waals surface area contributed by atoms with Gasteiger partial charge in [0.2, 0.25) is 5.91 Å². The Morgan fingerprint density at radius 3 is 2.91 bits per heavy atom. The van der Waals surface area contributed by atoms with Crippen molar-refractivity contribution in [3.8, 4) is 0 Å². The van der Waals surface area contributed by atoms with E-state index in [0.29, 0.717) is 0 Å². The second kappa shape index (κ2) is 6.20. The van der Waals surface area contributed by atoms with Crippen LogP contribution in [0.3, 0.4) is 0 Å². The normalized spacial score (nSPS) is 16.0. The lowest BCUT2D eigenvalue weighted by molar-refractivity contribution is -0.129. The van der Waals surface area contributed by atoms with E-state index in [9.17, 15) is 9.59 Å². The minimum atomic E-state index is -0.268. The molecule has 0 saturated heterocycles. The van der Waals surface area contributed by atoms with Gasteiger partial charge in [-0.05, 0) is 24.0 Å². The molecule has 0 bridgehead atoms. The van der Waals surface area contributed by atoms with Crippen molar-refractivity contribution in [3.05, 3.63) is 47.3 Å². The molecule has 7 nitrogen and oxygen atoms in total. The molecular formula is C16H19N5O2. The van der Waals surface area contributed by atoms with Gasteiger partial charge in [-0.2, -0.15) is 0 Å². The van der Waals surface area contributed by atoms with Gasteiger partial charge in [-0.15, -0.1) is 5.10 Å². The first-order chi connectivity index (χ1) is 11.0. The third-order valence-electron chi connectivity index (χ3n) is 4.01. The second-order valence-corrected chi connectivity index (χ2v) is 5.85. The number of carbonyl (C=O) groups excluding carboxylic acids is 2. The first-order valence-electron chi connectivity index (χ1n) is 7.53. The summed E-state index contributed by atoms with van der Waals surface area (Å²) in [5, 5.41) is 10.7. The molecule has 1 atom stereocenters. The van der Waals surface area contributed by atoms with Crippen LogP contribution in [0, 0.1) is 0 Å². The Labute approximate surface area is 134 Å². The van der Waals surface area contributed by atoms with E-state index >= 15 is 0 Å². The van der Waals surface area contributed by atoms with Crippen molar-refractivity contribution >= 4 is 11.8 Å². The fourth-order valence-corrected chi connectivity index (χ4v) is 2.70. The first kappa shape index (κ1) is 15.2. The monoisotopic (exact) mass is 313 g/mol. The third-order valence-corrected chi connectivity index (χ3v) is 4.01.